The van der Waals surface area contributed by atoms with Gasteiger partial charge in [-0.2, -0.15) is 4.31 Å². The Morgan fingerprint density at radius 1 is 1.10 bits per heavy atom. The zero-order valence-corrected chi connectivity index (χ0v) is 17.9. The minimum atomic E-state index is -3.35. The molecular weight excluding hydrogens is 390 g/mol. The molecule has 2 saturated heterocycles. The van der Waals surface area contributed by atoms with Gasteiger partial charge in [-0.3, -0.25) is 0 Å². The molecule has 0 bridgehead atoms. The van der Waals surface area contributed by atoms with E-state index >= 15 is 0 Å². The summed E-state index contributed by atoms with van der Waals surface area (Å²) < 4.78 is 33.1. The maximum absolute atomic E-state index is 13.1. The quantitative estimate of drug-likeness (QED) is 0.810. The number of hydrogen-bond donors (Lipinski definition) is 1. The summed E-state index contributed by atoms with van der Waals surface area (Å²) in [5.74, 6) is 0.849. The fourth-order valence-electron chi connectivity index (χ4n) is 4.92. The number of hydrogen-bond acceptors (Lipinski definition) is 4. The summed E-state index contributed by atoms with van der Waals surface area (Å²) >= 11 is 0. The van der Waals surface area contributed by atoms with E-state index in [2.05, 4.69) is 5.32 Å². The van der Waals surface area contributed by atoms with Crippen LogP contribution in [0.2, 0.25) is 0 Å². The summed E-state index contributed by atoms with van der Waals surface area (Å²) in [7, 11) is -1.74. The second-order valence-corrected chi connectivity index (χ2v) is 10.6. The van der Waals surface area contributed by atoms with Gasteiger partial charge in [-0.15, -0.1) is 0 Å². The van der Waals surface area contributed by atoms with E-state index < -0.39 is 10.0 Å². The van der Waals surface area contributed by atoms with Gasteiger partial charge in [0.15, 0.2) is 0 Å². The van der Waals surface area contributed by atoms with Crippen LogP contribution in [-0.4, -0.2) is 61.7 Å². The second-order valence-electron chi connectivity index (χ2n) is 8.48. The summed E-state index contributed by atoms with van der Waals surface area (Å²) in [6.07, 6.45) is 5.72. The Labute approximate surface area is 173 Å². The average molecular weight is 422 g/mol. The van der Waals surface area contributed by atoms with Gasteiger partial charge in [0.25, 0.3) is 0 Å². The van der Waals surface area contributed by atoms with Crippen LogP contribution in [0.5, 0.6) is 5.75 Å². The van der Waals surface area contributed by atoms with Gasteiger partial charge in [0.2, 0.25) is 10.0 Å². The first-order chi connectivity index (χ1) is 14.0. The number of fused-ring (bicyclic) bond motifs is 1. The lowest BCUT2D eigenvalue weighted by atomic mass is 10.0. The number of carbonyl (C=O) groups is 1. The van der Waals surface area contributed by atoms with Crippen LogP contribution in [0.15, 0.2) is 24.3 Å². The number of amides is 2. The molecule has 3 fully saturated rings. The lowest BCUT2D eigenvalue weighted by molar-refractivity contribution is 0.194. The predicted octanol–water partition coefficient (Wildman–Crippen LogP) is 2.57. The van der Waals surface area contributed by atoms with Gasteiger partial charge in [0, 0.05) is 32.2 Å². The number of sulfonamides is 1. The van der Waals surface area contributed by atoms with Gasteiger partial charge in [-0.05, 0) is 49.3 Å². The van der Waals surface area contributed by atoms with Gasteiger partial charge in [0.05, 0.1) is 12.4 Å². The molecule has 3 aliphatic rings. The maximum Gasteiger partial charge on any atom is 0.317 e. The molecule has 0 aromatic heterocycles. The van der Waals surface area contributed by atoms with E-state index in [9.17, 15) is 13.2 Å². The first-order valence-electron chi connectivity index (χ1n) is 10.6. The number of nitrogens with one attached hydrogen (secondary N) is 1. The molecule has 2 atom stereocenters. The Balaban J connectivity index is 1.37. The van der Waals surface area contributed by atoms with Crippen LogP contribution >= 0.6 is 0 Å². The molecule has 1 aromatic carbocycles. The van der Waals surface area contributed by atoms with Gasteiger partial charge in [-0.1, -0.05) is 25.0 Å². The van der Waals surface area contributed by atoms with Crippen molar-refractivity contribution in [2.75, 3.05) is 26.7 Å². The molecule has 2 heterocycles. The van der Waals surface area contributed by atoms with Crippen molar-refractivity contribution in [2.45, 2.75) is 56.4 Å². The molecule has 1 N–H and O–H groups in total. The number of benzene rings is 1. The van der Waals surface area contributed by atoms with Crippen molar-refractivity contribution in [1.29, 1.82) is 0 Å². The first kappa shape index (κ1) is 20.5. The van der Waals surface area contributed by atoms with E-state index in [0.717, 1.165) is 30.6 Å². The molecule has 0 radical (unpaired) electrons. The highest BCUT2D eigenvalue weighted by Crippen LogP contribution is 2.35. The van der Waals surface area contributed by atoms with Crippen LogP contribution < -0.4 is 10.1 Å². The Kier molecular flexibility index (Phi) is 6.01. The molecule has 160 valence electrons. The largest absolute Gasteiger partial charge is 0.497 e. The SMILES string of the molecule is COc1ccc(CN2C[C@@H]3CCN(C(=O)NC4CCCC4)CC[C@H]3S2(=O)=O)cc1. The number of methoxy groups -OCH3 is 1. The lowest BCUT2D eigenvalue weighted by Gasteiger charge is -2.24. The number of urea groups is 1. The van der Waals surface area contributed by atoms with Gasteiger partial charge in [0.1, 0.15) is 5.75 Å². The van der Waals surface area contributed by atoms with E-state index in [-0.39, 0.29) is 23.2 Å². The van der Waals surface area contributed by atoms with Crippen LogP contribution in [0, 0.1) is 5.92 Å². The van der Waals surface area contributed by atoms with Gasteiger partial charge >= 0.3 is 6.03 Å². The van der Waals surface area contributed by atoms with Crippen molar-refractivity contribution >= 4 is 16.1 Å². The summed E-state index contributed by atoms with van der Waals surface area (Å²) in [6.45, 7) is 2.07. The summed E-state index contributed by atoms with van der Waals surface area (Å²) in [5, 5.41) is 2.75. The Bertz CT molecular complexity index is 821. The van der Waals surface area contributed by atoms with Crippen molar-refractivity contribution in [2.24, 2.45) is 5.92 Å². The zero-order chi connectivity index (χ0) is 20.4. The summed E-state index contributed by atoms with van der Waals surface area (Å²) in [6, 6.07) is 7.81. The number of likely N-dealkylation sites (tertiary alicyclic amines) is 1. The number of rotatable bonds is 4. The van der Waals surface area contributed by atoms with E-state index in [1.807, 2.05) is 29.2 Å². The van der Waals surface area contributed by atoms with Crippen LogP contribution in [0.25, 0.3) is 0 Å². The van der Waals surface area contributed by atoms with Gasteiger partial charge in [-0.25, -0.2) is 13.2 Å². The van der Waals surface area contributed by atoms with Crippen LogP contribution in [0.4, 0.5) is 4.79 Å². The molecule has 2 amide bonds. The smallest absolute Gasteiger partial charge is 0.317 e. The molecule has 4 rings (SSSR count). The fourth-order valence-corrected chi connectivity index (χ4v) is 7.15. The fraction of sp³-hybridized carbons (Fsp3) is 0.667. The molecule has 2 aliphatic heterocycles. The van der Waals surface area contributed by atoms with Gasteiger partial charge < -0.3 is 15.0 Å². The second kappa shape index (κ2) is 8.52. The van der Waals surface area contributed by atoms with Crippen molar-refractivity contribution in [3.05, 3.63) is 29.8 Å². The van der Waals surface area contributed by atoms with E-state index in [0.29, 0.717) is 32.6 Å². The van der Waals surface area contributed by atoms with E-state index in [1.165, 1.54) is 12.8 Å². The third-order valence-electron chi connectivity index (χ3n) is 6.65. The Morgan fingerprint density at radius 3 is 2.48 bits per heavy atom. The molecule has 8 heteroatoms. The topological polar surface area (TPSA) is 79.0 Å². The molecule has 7 nitrogen and oxygen atoms in total. The highest BCUT2D eigenvalue weighted by atomic mass is 32.2. The molecule has 0 spiro atoms. The molecule has 1 aromatic rings. The highest BCUT2D eigenvalue weighted by Gasteiger charge is 2.47. The third-order valence-corrected chi connectivity index (χ3v) is 9.03. The maximum atomic E-state index is 13.1. The zero-order valence-electron chi connectivity index (χ0n) is 17.0. The number of ether oxygens (including phenoxy) is 1. The van der Waals surface area contributed by atoms with Crippen molar-refractivity contribution in [1.82, 2.24) is 14.5 Å². The Morgan fingerprint density at radius 2 is 1.79 bits per heavy atom. The molecule has 1 saturated carbocycles. The van der Waals surface area contributed by atoms with Crippen molar-refractivity contribution in [3.63, 3.8) is 0 Å². The lowest BCUT2D eigenvalue weighted by Crippen LogP contribution is -2.44. The Hall–Kier alpha value is -1.80. The number of nitrogens with zero attached hydrogens (tertiary/aromatic N) is 2. The standard InChI is InChI=1S/C21H31N3O4S/c1-28-19-8-6-16(7-9-19)14-24-15-17-10-12-23(13-11-20(17)29(24,26)27)21(25)22-18-4-2-3-5-18/h6-9,17-18,20H,2-5,10-15H2,1H3,(H,22,25)/t17-,20+/m0/s1. The third kappa shape index (κ3) is 4.38. The minimum absolute atomic E-state index is 0.0237. The highest BCUT2D eigenvalue weighted by molar-refractivity contribution is 7.90. The van der Waals surface area contributed by atoms with Crippen molar-refractivity contribution in [3.8, 4) is 5.75 Å². The molecule has 29 heavy (non-hydrogen) atoms. The van der Waals surface area contributed by atoms with Crippen LogP contribution in [0.3, 0.4) is 0 Å². The minimum Gasteiger partial charge on any atom is -0.497 e. The monoisotopic (exact) mass is 421 g/mol. The van der Waals surface area contributed by atoms with Crippen molar-refractivity contribution < 1.29 is 17.9 Å². The normalized spacial score (nSPS) is 27.4. The predicted molar refractivity (Wildman–Crippen MR) is 111 cm³/mol. The van der Waals surface area contributed by atoms with E-state index in [4.69, 9.17) is 4.74 Å². The molecule has 1 aliphatic carbocycles. The molecular formula is C21H31N3O4S. The van der Waals surface area contributed by atoms with Crippen LogP contribution in [-0.2, 0) is 16.6 Å². The number of carbonyl (C=O) groups excluding carboxylic acids is 1. The average Bonchev–Trinajstić information content (AvgIpc) is 3.22. The van der Waals surface area contributed by atoms with Crippen LogP contribution in [0.1, 0.15) is 44.1 Å². The first-order valence-corrected chi connectivity index (χ1v) is 12.1. The summed E-state index contributed by atoms with van der Waals surface area (Å²) in [4.78, 5) is 14.4. The van der Waals surface area contributed by atoms with E-state index in [1.54, 1.807) is 11.4 Å². The molecule has 0 unspecified atom stereocenters. The summed E-state index contributed by atoms with van der Waals surface area (Å²) in [5.41, 5.74) is 0.961.